The van der Waals surface area contributed by atoms with Gasteiger partial charge in [0.15, 0.2) is 6.61 Å². The number of rotatable bonds is 7. The van der Waals surface area contributed by atoms with Gasteiger partial charge in [0.1, 0.15) is 5.76 Å². The minimum absolute atomic E-state index is 0.0699. The van der Waals surface area contributed by atoms with Crippen LogP contribution in [0.1, 0.15) is 29.7 Å². The number of ether oxygens (including phenoxy) is 1. The Labute approximate surface area is 121 Å². The molecular formula is C14H17N3O4. The summed E-state index contributed by atoms with van der Waals surface area (Å²) in [4.78, 5) is 23.0. The zero-order valence-electron chi connectivity index (χ0n) is 11.7. The van der Waals surface area contributed by atoms with Crippen molar-refractivity contribution in [3.8, 4) is 0 Å². The predicted molar refractivity (Wildman–Crippen MR) is 73.6 cm³/mol. The van der Waals surface area contributed by atoms with Crippen LogP contribution in [0.4, 0.5) is 0 Å². The number of nitrogens with zero attached hydrogens (tertiary/aromatic N) is 2. The molecule has 0 atom stereocenters. The van der Waals surface area contributed by atoms with E-state index in [0.717, 1.165) is 6.42 Å². The molecular weight excluding hydrogens is 274 g/mol. The lowest BCUT2D eigenvalue weighted by atomic mass is 10.4. The van der Waals surface area contributed by atoms with Gasteiger partial charge in [-0.1, -0.05) is 6.92 Å². The quantitative estimate of drug-likeness (QED) is 0.775. The number of carbonyl (C=O) groups excluding carboxylic acids is 2. The van der Waals surface area contributed by atoms with Crippen molar-refractivity contribution in [2.75, 3.05) is 13.2 Å². The van der Waals surface area contributed by atoms with Gasteiger partial charge in [0.25, 0.3) is 5.91 Å². The SMILES string of the molecule is CCCNC(=O)COC(=O)c1ccc(Cn2cccn2)o1. The van der Waals surface area contributed by atoms with Gasteiger partial charge in [0.2, 0.25) is 5.76 Å². The second kappa shape index (κ2) is 7.28. The van der Waals surface area contributed by atoms with E-state index >= 15 is 0 Å². The molecule has 2 heterocycles. The van der Waals surface area contributed by atoms with Crippen molar-refractivity contribution in [3.63, 3.8) is 0 Å². The molecule has 1 N–H and O–H groups in total. The number of esters is 1. The average Bonchev–Trinajstić information content (AvgIpc) is 3.14. The van der Waals surface area contributed by atoms with E-state index in [0.29, 0.717) is 18.8 Å². The molecule has 0 unspecified atom stereocenters. The van der Waals surface area contributed by atoms with E-state index in [4.69, 9.17) is 9.15 Å². The van der Waals surface area contributed by atoms with Crippen LogP contribution in [0, 0.1) is 0 Å². The zero-order chi connectivity index (χ0) is 15.1. The molecule has 0 radical (unpaired) electrons. The highest BCUT2D eigenvalue weighted by molar-refractivity contribution is 5.88. The molecule has 0 saturated carbocycles. The largest absolute Gasteiger partial charge is 0.452 e. The van der Waals surface area contributed by atoms with Crippen molar-refractivity contribution in [1.29, 1.82) is 0 Å². The first kappa shape index (κ1) is 14.8. The van der Waals surface area contributed by atoms with Gasteiger partial charge in [-0.2, -0.15) is 5.10 Å². The summed E-state index contributed by atoms with van der Waals surface area (Å²) in [5.41, 5.74) is 0. The summed E-state index contributed by atoms with van der Waals surface area (Å²) in [5.74, 6) is -0.330. The Hall–Kier alpha value is -2.57. The van der Waals surface area contributed by atoms with Crippen molar-refractivity contribution in [3.05, 3.63) is 42.1 Å². The zero-order valence-corrected chi connectivity index (χ0v) is 11.7. The van der Waals surface area contributed by atoms with Gasteiger partial charge in [0.05, 0.1) is 6.54 Å². The maximum absolute atomic E-state index is 11.7. The van der Waals surface area contributed by atoms with E-state index in [1.807, 2.05) is 6.92 Å². The monoisotopic (exact) mass is 291 g/mol. The van der Waals surface area contributed by atoms with Gasteiger partial charge in [0, 0.05) is 18.9 Å². The Morgan fingerprint density at radius 2 is 2.29 bits per heavy atom. The normalized spacial score (nSPS) is 10.3. The molecule has 0 aliphatic rings. The molecule has 112 valence electrons. The standard InChI is InChI=1S/C14H17N3O4/c1-2-6-15-13(18)10-20-14(19)12-5-4-11(21-12)9-17-8-3-7-16-17/h3-5,7-8H,2,6,9-10H2,1H3,(H,15,18). The molecule has 0 saturated heterocycles. The number of hydrogen-bond donors (Lipinski definition) is 1. The molecule has 0 aromatic carbocycles. The van der Waals surface area contributed by atoms with Gasteiger partial charge >= 0.3 is 5.97 Å². The van der Waals surface area contributed by atoms with Gasteiger partial charge in [-0.15, -0.1) is 0 Å². The maximum Gasteiger partial charge on any atom is 0.374 e. The third-order valence-corrected chi connectivity index (χ3v) is 2.65. The number of furan rings is 1. The molecule has 0 bridgehead atoms. The van der Waals surface area contributed by atoms with E-state index in [-0.39, 0.29) is 18.3 Å². The van der Waals surface area contributed by atoms with E-state index in [9.17, 15) is 9.59 Å². The van der Waals surface area contributed by atoms with Gasteiger partial charge in [-0.3, -0.25) is 9.48 Å². The first-order valence-corrected chi connectivity index (χ1v) is 6.69. The Kier molecular flexibility index (Phi) is 5.14. The second-order valence-corrected chi connectivity index (χ2v) is 4.40. The minimum atomic E-state index is -0.659. The van der Waals surface area contributed by atoms with Crippen molar-refractivity contribution >= 4 is 11.9 Å². The van der Waals surface area contributed by atoms with Crippen LogP contribution >= 0.6 is 0 Å². The van der Waals surface area contributed by atoms with Crippen LogP contribution in [0.3, 0.4) is 0 Å². The molecule has 2 aromatic rings. The molecule has 0 spiro atoms. The van der Waals surface area contributed by atoms with Crippen LogP contribution < -0.4 is 5.32 Å². The summed E-state index contributed by atoms with van der Waals surface area (Å²) < 4.78 is 11.9. The Balaban J connectivity index is 1.83. The summed E-state index contributed by atoms with van der Waals surface area (Å²) in [6.45, 7) is 2.62. The van der Waals surface area contributed by atoms with Crippen LogP contribution in [-0.4, -0.2) is 34.8 Å². The summed E-state index contributed by atoms with van der Waals surface area (Å²) in [6.07, 6.45) is 4.28. The molecule has 2 rings (SSSR count). The average molecular weight is 291 g/mol. The topological polar surface area (TPSA) is 86.4 Å². The van der Waals surface area contributed by atoms with E-state index in [1.165, 1.54) is 6.07 Å². The Morgan fingerprint density at radius 1 is 1.43 bits per heavy atom. The van der Waals surface area contributed by atoms with E-state index in [2.05, 4.69) is 10.4 Å². The molecule has 7 nitrogen and oxygen atoms in total. The number of aromatic nitrogens is 2. The highest BCUT2D eigenvalue weighted by atomic mass is 16.5. The molecule has 2 aromatic heterocycles. The van der Waals surface area contributed by atoms with Gasteiger partial charge in [-0.25, -0.2) is 4.79 Å². The van der Waals surface area contributed by atoms with Crippen molar-refractivity contribution < 1.29 is 18.7 Å². The first-order valence-electron chi connectivity index (χ1n) is 6.69. The van der Waals surface area contributed by atoms with Crippen molar-refractivity contribution in [1.82, 2.24) is 15.1 Å². The maximum atomic E-state index is 11.7. The number of hydrogen-bond acceptors (Lipinski definition) is 5. The highest BCUT2D eigenvalue weighted by Crippen LogP contribution is 2.10. The molecule has 21 heavy (non-hydrogen) atoms. The van der Waals surface area contributed by atoms with Crippen LogP contribution in [0.15, 0.2) is 35.0 Å². The molecule has 0 aliphatic heterocycles. The van der Waals surface area contributed by atoms with Crippen LogP contribution in [-0.2, 0) is 16.1 Å². The highest BCUT2D eigenvalue weighted by Gasteiger charge is 2.14. The fourth-order valence-corrected chi connectivity index (χ4v) is 1.64. The van der Waals surface area contributed by atoms with Gasteiger partial charge in [-0.05, 0) is 24.6 Å². The molecule has 0 aliphatic carbocycles. The van der Waals surface area contributed by atoms with E-state index in [1.54, 1.807) is 29.2 Å². The third-order valence-electron chi connectivity index (χ3n) is 2.65. The van der Waals surface area contributed by atoms with Crippen molar-refractivity contribution in [2.24, 2.45) is 0 Å². The lowest BCUT2D eigenvalue weighted by Crippen LogP contribution is -2.29. The number of amides is 1. The Morgan fingerprint density at radius 3 is 3.00 bits per heavy atom. The summed E-state index contributed by atoms with van der Waals surface area (Å²) in [5, 5.41) is 6.66. The Bertz CT molecular complexity index is 589. The summed E-state index contributed by atoms with van der Waals surface area (Å²) in [6, 6.07) is 4.99. The second-order valence-electron chi connectivity index (χ2n) is 4.40. The lowest BCUT2D eigenvalue weighted by Gasteiger charge is -2.04. The third kappa shape index (κ3) is 4.48. The van der Waals surface area contributed by atoms with Crippen LogP contribution in [0.25, 0.3) is 0 Å². The van der Waals surface area contributed by atoms with Crippen LogP contribution in [0.5, 0.6) is 0 Å². The van der Waals surface area contributed by atoms with Gasteiger partial charge < -0.3 is 14.5 Å². The van der Waals surface area contributed by atoms with Crippen LogP contribution in [0.2, 0.25) is 0 Å². The fraction of sp³-hybridized carbons (Fsp3) is 0.357. The predicted octanol–water partition coefficient (Wildman–Crippen LogP) is 1.21. The minimum Gasteiger partial charge on any atom is -0.452 e. The first-order chi connectivity index (χ1) is 10.2. The number of carbonyl (C=O) groups is 2. The lowest BCUT2D eigenvalue weighted by molar-refractivity contribution is -0.124. The molecule has 0 fully saturated rings. The van der Waals surface area contributed by atoms with E-state index < -0.39 is 5.97 Å². The number of nitrogens with one attached hydrogen (secondary N) is 1. The summed E-state index contributed by atoms with van der Waals surface area (Å²) >= 11 is 0. The molecule has 1 amide bonds. The smallest absolute Gasteiger partial charge is 0.374 e. The fourth-order valence-electron chi connectivity index (χ4n) is 1.64. The van der Waals surface area contributed by atoms with Crippen molar-refractivity contribution in [2.45, 2.75) is 19.9 Å². The molecule has 7 heteroatoms. The summed E-state index contributed by atoms with van der Waals surface area (Å²) in [7, 11) is 0.